The molecule has 1 amide bonds. The predicted molar refractivity (Wildman–Crippen MR) is 128 cm³/mol. The molecule has 7 heteroatoms. The lowest BCUT2D eigenvalue weighted by atomic mass is 9.86. The Morgan fingerprint density at radius 3 is 2.48 bits per heavy atom. The van der Waals surface area contributed by atoms with Gasteiger partial charge in [0.25, 0.3) is 0 Å². The second kappa shape index (κ2) is 10.00. The number of para-hydroxylation sites is 1. The molecule has 1 atom stereocenters. The van der Waals surface area contributed by atoms with E-state index in [2.05, 4.69) is 39.1 Å². The predicted octanol–water partition coefficient (Wildman–Crippen LogP) is 3.77. The Morgan fingerprint density at radius 2 is 1.83 bits per heavy atom. The van der Waals surface area contributed by atoms with E-state index in [0.29, 0.717) is 13.1 Å². The van der Waals surface area contributed by atoms with Crippen molar-refractivity contribution in [2.75, 3.05) is 20.1 Å². The molecule has 1 aliphatic heterocycles. The van der Waals surface area contributed by atoms with Gasteiger partial charge in [0.1, 0.15) is 11.4 Å². The van der Waals surface area contributed by atoms with Crippen LogP contribution in [0.5, 0.6) is 5.75 Å². The summed E-state index contributed by atoms with van der Waals surface area (Å²) >= 11 is 0. The number of guanidine groups is 1. The molecule has 1 aliphatic carbocycles. The number of hydrogen-bond donors (Lipinski definition) is 3. The van der Waals surface area contributed by atoms with Gasteiger partial charge in [-0.2, -0.15) is 0 Å². The molecule has 1 spiro atoms. The number of carbonyl (C=O) groups excluding carboxylic acids is 1. The molecule has 0 saturated heterocycles. The minimum Gasteiger partial charge on any atom is -0.487 e. The normalized spacial score (nSPS) is 20.3. The third-order valence-corrected chi connectivity index (χ3v) is 5.63. The largest absolute Gasteiger partial charge is 0.487 e. The molecule has 3 N–H and O–H groups in total. The summed E-state index contributed by atoms with van der Waals surface area (Å²) in [6, 6.07) is 8.46. The van der Waals surface area contributed by atoms with Crippen molar-refractivity contribution in [2.24, 2.45) is 10.4 Å². The Morgan fingerprint density at radius 1 is 1.17 bits per heavy atom. The van der Waals surface area contributed by atoms with Crippen molar-refractivity contribution >= 4 is 35.8 Å². The van der Waals surface area contributed by atoms with Crippen LogP contribution in [0.2, 0.25) is 0 Å². The molecule has 1 fully saturated rings. The highest BCUT2D eigenvalue weighted by Crippen LogP contribution is 2.46. The van der Waals surface area contributed by atoms with E-state index in [1.54, 1.807) is 7.05 Å². The van der Waals surface area contributed by atoms with E-state index in [0.717, 1.165) is 31.0 Å². The summed E-state index contributed by atoms with van der Waals surface area (Å²) in [6.45, 7) is 6.93. The van der Waals surface area contributed by atoms with Crippen LogP contribution in [0.4, 0.5) is 0 Å². The van der Waals surface area contributed by atoms with Crippen molar-refractivity contribution in [3.05, 3.63) is 29.8 Å². The van der Waals surface area contributed by atoms with Gasteiger partial charge in [-0.15, -0.1) is 24.0 Å². The van der Waals surface area contributed by atoms with E-state index in [-0.39, 0.29) is 46.9 Å². The van der Waals surface area contributed by atoms with Crippen molar-refractivity contribution in [1.82, 2.24) is 16.0 Å². The number of halogens is 1. The number of rotatable bonds is 4. The number of amides is 1. The number of aliphatic imine (C=N–C) groups is 1. The van der Waals surface area contributed by atoms with Gasteiger partial charge in [0.05, 0.1) is 6.04 Å². The highest BCUT2D eigenvalue weighted by atomic mass is 127. The second-order valence-corrected chi connectivity index (χ2v) is 8.94. The molecule has 162 valence electrons. The molecule has 1 heterocycles. The SMILES string of the molecule is CN=C(NCCNC(=O)C(C)(C)C)NC1CC2(CCCC2)Oc2ccccc21.I. The Kier molecular flexibility index (Phi) is 8.19. The summed E-state index contributed by atoms with van der Waals surface area (Å²) in [6.07, 6.45) is 5.64. The molecule has 1 aromatic carbocycles. The molecular formula is C22H35IN4O2. The average Bonchev–Trinajstić information content (AvgIpc) is 3.10. The first-order valence-corrected chi connectivity index (χ1v) is 10.4. The first-order chi connectivity index (χ1) is 13.3. The number of nitrogens with one attached hydrogen (secondary N) is 3. The van der Waals surface area contributed by atoms with E-state index >= 15 is 0 Å². The van der Waals surface area contributed by atoms with Gasteiger partial charge in [-0.05, 0) is 31.7 Å². The lowest BCUT2D eigenvalue weighted by Gasteiger charge is -2.40. The number of nitrogens with zero attached hydrogens (tertiary/aromatic N) is 1. The Hall–Kier alpha value is -1.51. The van der Waals surface area contributed by atoms with Crippen molar-refractivity contribution in [2.45, 2.75) is 64.5 Å². The summed E-state index contributed by atoms with van der Waals surface area (Å²) in [7, 11) is 1.78. The van der Waals surface area contributed by atoms with Gasteiger partial charge in [0.2, 0.25) is 5.91 Å². The van der Waals surface area contributed by atoms with Crippen LogP contribution in [0.3, 0.4) is 0 Å². The molecule has 1 saturated carbocycles. The summed E-state index contributed by atoms with van der Waals surface area (Å²) in [5, 5.41) is 9.85. The maximum Gasteiger partial charge on any atom is 0.225 e. The van der Waals surface area contributed by atoms with Crippen LogP contribution < -0.4 is 20.7 Å². The van der Waals surface area contributed by atoms with Crippen LogP contribution >= 0.6 is 24.0 Å². The first kappa shape index (κ1) is 23.8. The molecule has 0 radical (unpaired) electrons. The highest BCUT2D eigenvalue weighted by molar-refractivity contribution is 14.0. The molecular weight excluding hydrogens is 479 g/mol. The van der Waals surface area contributed by atoms with Crippen LogP contribution in [0.15, 0.2) is 29.3 Å². The van der Waals surface area contributed by atoms with Crippen molar-refractivity contribution < 1.29 is 9.53 Å². The van der Waals surface area contributed by atoms with Gasteiger partial charge in [0.15, 0.2) is 5.96 Å². The molecule has 1 unspecified atom stereocenters. The van der Waals surface area contributed by atoms with E-state index in [4.69, 9.17) is 4.74 Å². The summed E-state index contributed by atoms with van der Waals surface area (Å²) in [4.78, 5) is 16.4. The van der Waals surface area contributed by atoms with E-state index < -0.39 is 0 Å². The number of carbonyl (C=O) groups is 1. The summed E-state index contributed by atoms with van der Waals surface area (Å²) in [5.74, 6) is 1.79. The number of ether oxygens (including phenoxy) is 1. The maximum atomic E-state index is 12.0. The summed E-state index contributed by atoms with van der Waals surface area (Å²) < 4.78 is 6.43. The monoisotopic (exact) mass is 514 g/mol. The maximum absolute atomic E-state index is 12.0. The van der Waals surface area contributed by atoms with E-state index in [9.17, 15) is 4.79 Å². The number of benzene rings is 1. The smallest absolute Gasteiger partial charge is 0.225 e. The van der Waals surface area contributed by atoms with Crippen molar-refractivity contribution in [3.8, 4) is 5.75 Å². The van der Waals surface area contributed by atoms with Crippen LogP contribution in [-0.2, 0) is 4.79 Å². The van der Waals surface area contributed by atoms with Gasteiger partial charge in [-0.3, -0.25) is 9.79 Å². The number of hydrogen-bond acceptors (Lipinski definition) is 3. The van der Waals surface area contributed by atoms with E-state index in [1.807, 2.05) is 26.8 Å². The highest BCUT2D eigenvalue weighted by Gasteiger charge is 2.43. The third kappa shape index (κ3) is 5.99. The van der Waals surface area contributed by atoms with Crippen LogP contribution in [0.1, 0.15) is 64.5 Å². The minimum atomic E-state index is -0.374. The Labute approximate surface area is 191 Å². The van der Waals surface area contributed by atoms with Gasteiger partial charge in [-0.1, -0.05) is 39.0 Å². The molecule has 2 aliphatic rings. The van der Waals surface area contributed by atoms with Crippen molar-refractivity contribution in [1.29, 1.82) is 0 Å². The lowest BCUT2D eigenvalue weighted by Crippen LogP contribution is -2.48. The molecule has 1 aromatic rings. The molecule has 29 heavy (non-hydrogen) atoms. The van der Waals surface area contributed by atoms with Gasteiger partial charge >= 0.3 is 0 Å². The zero-order valence-corrected chi connectivity index (χ0v) is 20.3. The third-order valence-electron chi connectivity index (χ3n) is 5.63. The molecule has 3 rings (SSSR count). The van der Waals surface area contributed by atoms with Crippen LogP contribution in [0, 0.1) is 5.41 Å². The molecule has 0 bridgehead atoms. The second-order valence-electron chi connectivity index (χ2n) is 8.94. The van der Waals surface area contributed by atoms with Gasteiger partial charge < -0.3 is 20.7 Å². The minimum absolute atomic E-state index is 0. The van der Waals surface area contributed by atoms with Gasteiger partial charge in [-0.25, -0.2) is 0 Å². The van der Waals surface area contributed by atoms with E-state index in [1.165, 1.54) is 18.4 Å². The Bertz CT molecular complexity index is 724. The lowest BCUT2D eigenvalue weighted by molar-refractivity contribution is -0.128. The fraction of sp³-hybridized carbons (Fsp3) is 0.636. The summed E-state index contributed by atoms with van der Waals surface area (Å²) in [5.41, 5.74) is 0.761. The first-order valence-electron chi connectivity index (χ1n) is 10.4. The molecule has 6 nitrogen and oxygen atoms in total. The standard InChI is InChI=1S/C22H34N4O2.HI/c1-21(2,3)19(27)24-13-14-25-20(23-4)26-17-15-22(11-7-8-12-22)28-18-10-6-5-9-16(17)18;/h5-6,9-10,17H,7-8,11-15H2,1-4H3,(H,24,27)(H2,23,25,26);1H. The Balaban J connectivity index is 0.00000300. The topological polar surface area (TPSA) is 74.8 Å². The zero-order valence-electron chi connectivity index (χ0n) is 18.0. The fourth-order valence-electron chi connectivity index (χ4n) is 4.05. The van der Waals surface area contributed by atoms with Crippen LogP contribution in [-0.4, -0.2) is 37.6 Å². The van der Waals surface area contributed by atoms with Gasteiger partial charge in [0, 0.05) is 37.5 Å². The molecule has 0 aromatic heterocycles. The zero-order chi connectivity index (χ0) is 20.2. The van der Waals surface area contributed by atoms with Crippen LogP contribution in [0.25, 0.3) is 0 Å². The van der Waals surface area contributed by atoms with Crippen molar-refractivity contribution in [3.63, 3.8) is 0 Å². The average molecular weight is 514 g/mol. The number of fused-ring (bicyclic) bond motifs is 1. The fourth-order valence-corrected chi connectivity index (χ4v) is 4.05. The quantitative estimate of drug-likeness (QED) is 0.248.